The van der Waals surface area contributed by atoms with E-state index in [1.54, 1.807) is 50.3 Å². The Morgan fingerprint density at radius 1 is 0.667 bits per heavy atom. The predicted molar refractivity (Wildman–Crippen MR) is 150 cm³/mol. The minimum absolute atomic E-state index is 0. The first-order valence-corrected chi connectivity index (χ1v) is 23.0. The van der Waals surface area contributed by atoms with Crippen molar-refractivity contribution in [2.45, 2.75) is 33.5 Å². The molecule has 6 heteroatoms. The Morgan fingerprint density at radius 2 is 1.08 bits per heavy atom. The van der Waals surface area contributed by atoms with Crippen LogP contribution in [0, 0.1) is 35.6 Å². The summed E-state index contributed by atoms with van der Waals surface area (Å²) in [6.07, 6.45) is 10.8. The first-order chi connectivity index (χ1) is 17.6. The summed E-state index contributed by atoms with van der Waals surface area (Å²) in [4.78, 5) is 0. The second kappa shape index (κ2) is 17.3. The minimum Gasteiger partial charge on any atom is -1.00 e. The van der Waals surface area contributed by atoms with E-state index in [1.807, 2.05) is 26.0 Å². The van der Waals surface area contributed by atoms with Crippen LogP contribution in [0.2, 0.25) is 5.76 Å². The zero-order valence-electron chi connectivity index (χ0n) is 22.8. The maximum absolute atomic E-state index is 13.0. The first-order valence-electron chi connectivity index (χ1n) is 12.4. The van der Waals surface area contributed by atoms with Crippen molar-refractivity contribution in [3.63, 3.8) is 0 Å². The van der Waals surface area contributed by atoms with Crippen LogP contribution in [-0.2, 0) is 21.6 Å². The van der Waals surface area contributed by atoms with Crippen molar-refractivity contribution >= 4 is 25.5 Å². The fraction of sp³-hybridized carbons (Fsp3) is 0.212. The number of hydrogen-bond acceptors (Lipinski definition) is 0. The van der Waals surface area contributed by atoms with E-state index in [0.717, 1.165) is 33.4 Å². The third kappa shape index (κ3) is 11.1. The second-order valence-corrected chi connectivity index (χ2v) is 22.7. The van der Waals surface area contributed by atoms with E-state index in [1.165, 1.54) is 12.1 Å². The Labute approximate surface area is 261 Å². The van der Waals surface area contributed by atoms with Gasteiger partial charge in [-0.15, -0.1) is 0 Å². The Hall–Kier alpha value is -1.51. The van der Waals surface area contributed by atoms with Gasteiger partial charge in [0.25, 0.3) is 0 Å². The van der Waals surface area contributed by atoms with Crippen LogP contribution in [-0.4, -0.2) is 9.98 Å². The molecular weight excluding hydrogens is 669 g/mol. The normalized spacial score (nSPS) is 16.9. The molecule has 0 N–H and O–H groups in total. The molecule has 0 heterocycles. The van der Waals surface area contributed by atoms with E-state index in [9.17, 15) is 8.78 Å². The Bertz CT molecular complexity index is 1300. The predicted octanol–water partition coefficient (Wildman–Crippen LogP) is 2.29. The van der Waals surface area contributed by atoms with Gasteiger partial charge in [-0.3, -0.25) is 12.2 Å². The molecule has 0 saturated heterocycles. The summed E-state index contributed by atoms with van der Waals surface area (Å²) in [5.74, 6) is 2.72. The third-order valence-corrected chi connectivity index (χ3v) is 12.2. The Kier molecular flexibility index (Phi) is 15.8. The zero-order chi connectivity index (χ0) is 26.9. The Balaban J connectivity index is 0.000000292. The summed E-state index contributed by atoms with van der Waals surface area (Å²) >= 11 is 1.76. The van der Waals surface area contributed by atoms with E-state index < -0.39 is 9.98 Å². The fourth-order valence-electron chi connectivity index (χ4n) is 4.30. The van der Waals surface area contributed by atoms with Gasteiger partial charge in [-0.25, -0.2) is 19.9 Å². The van der Waals surface area contributed by atoms with E-state index in [0.29, 0.717) is 11.8 Å². The molecule has 0 nitrogen and oxygen atoms in total. The van der Waals surface area contributed by atoms with Crippen molar-refractivity contribution in [2.24, 2.45) is 11.8 Å². The van der Waals surface area contributed by atoms with Gasteiger partial charge in [0.1, 0.15) is 11.6 Å². The van der Waals surface area contributed by atoms with Crippen LogP contribution in [0.4, 0.5) is 8.78 Å². The van der Waals surface area contributed by atoms with Crippen LogP contribution in [0.1, 0.15) is 38.8 Å². The van der Waals surface area contributed by atoms with Crippen LogP contribution in [0.5, 0.6) is 0 Å². The fourth-order valence-corrected chi connectivity index (χ4v) is 7.88. The minimum atomic E-state index is -0.676. The summed E-state index contributed by atoms with van der Waals surface area (Å²) < 4.78 is 27.6. The summed E-state index contributed by atoms with van der Waals surface area (Å²) in [5, 5.41) is 0. The number of halogens is 4. The molecule has 0 spiro atoms. The smallest absolute Gasteiger partial charge is 1.00 e. The molecule has 202 valence electrons. The Morgan fingerprint density at radius 3 is 1.36 bits per heavy atom. The van der Waals surface area contributed by atoms with Gasteiger partial charge < -0.3 is 24.8 Å². The summed E-state index contributed by atoms with van der Waals surface area (Å²) in [5.41, 5.74) is 6.33. The molecule has 0 saturated carbocycles. The van der Waals surface area contributed by atoms with Crippen LogP contribution in [0.25, 0.3) is 11.1 Å². The van der Waals surface area contributed by atoms with Gasteiger partial charge in [-0.1, -0.05) is 74.9 Å². The average Bonchev–Trinajstić information content (AvgIpc) is 3.39. The monoisotopic (exact) mass is 700 g/mol. The third-order valence-electron chi connectivity index (χ3n) is 6.01. The topological polar surface area (TPSA) is 0 Å². The average molecular weight is 701 g/mol. The molecule has 2 unspecified atom stereocenters. The second-order valence-electron chi connectivity index (χ2n) is 9.29. The maximum atomic E-state index is 13.0. The van der Waals surface area contributed by atoms with Gasteiger partial charge in [-0.05, 0) is 24.3 Å². The summed E-state index contributed by atoms with van der Waals surface area (Å²) in [7, 11) is -0.676. The van der Waals surface area contributed by atoms with E-state index in [2.05, 4.69) is 74.2 Å². The van der Waals surface area contributed by atoms with Gasteiger partial charge in [0, 0.05) is 0 Å². The quantitative estimate of drug-likeness (QED) is 0.291. The van der Waals surface area contributed by atoms with Gasteiger partial charge in [0.15, 0.2) is 0 Å². The van der Waals surface area contributed by atoms with Crippen molar-refractivity contribution in [2.75, 3.05) is 0 Å². The van der Waals surface area contributed by atoms with E-state index in [-0.39, 0.29) is 36.4 Å². The van der Waals surface area contributed by atoms with Crippen molar-refractivity contribution in [3.05, 3.63) is 137 Å². The molecule has 0 radical (unpaired) electrons. The number of allylic oxidation sites excluding steroid dienone is 8. The van der Waals surface area contributed by atoms with Gasteiger partial charge in [0.2, 0.25) is 0 Å². The van der Waals surface area contributed by atoms with Crippen molar-refractivity contribution < 1.29 is 55.2 Å². The summed E-state index contributed by atoms with van der Waals surface area (Å²) in [6, 6.07) is 24.3. The van der Waals surface area contributed by atoms with Crippen LogP contribution >= 0.6 is 0 Å². The molecule has 39 heavy (non-hydrogen) atoms. The molecule has 0 aliphatic heterocycles. The van der Waals surface area contributed by atoms with Gasteiger partial charge in [-0.2, -0.15) is 23.3 Å². The van der Waals surface area contributed by atoms with Crippen LogP contribution in [0.3, 0.4) is 0 Å². The summed E-state index contributed by atoms with van der Waals surface area (Å²) in [6.45, 7) is 8.19. The van der Waals surface area contributed by atoms with Crippen LogP contribution < -0.4 is 29.2 Å². The maximum Gasteiger partial charge on any atom is -1.00 e. The SMILES string of the molecule is CC1=[C-]C(C)C=C1c1cccc(F)c1.CC1=[C-]C(C)C=C1c1cccc(F)c1.[CH3][Ge](=[Zr+2])[c]1ccccc1.[Cl-].[Cl-]. The standard InChI is InChI=1S/2C13H12F.C7H8Ge.2ClH.Zr/c2*1-9-6-10(2)13(7-9)11-4-3-5-12(14)8-11;1-8-7-5-3-2-4-6-7;;;/h2*3-5,7-9H,1-2H3;2-6H,1H3;2*1H;/q2*-1;;;;+2/p-2. The number of rotatable bonds is 3. The van der Waals surface area contributed by atoms with Gasteiger partial charge in [0.05, 0.1) is 0 Å². The molecule has 3 aromatic carbocycles. The molecule has 2 aliphatic rings. The number of hydrogen-bond donors (Lipinski definition) is 0. The molecule has 0 aromatic heterocycles. The molecule has 0 fully saturated rings. The van der Waals surface area contributed by atoms with Crippen LogP contribution in [0.15, 0.2) is 102 Å². The molecule has 0 bridgehead atoms. The van der Waals surface area contributed by atoms with Crippen molar-refractivity contribution in [1.82, 2.24) is 0 Å². The van der Waals surface area contributed by atoms with Gasteiger partial charge >= 0.3 is 72.1 Å². The molecule has 2 atom stereocenters. The first kappa shape index (κ1) is 35.5. The van der Waals surface area contributed by atoms with E-state index in [4.69, 9.17) is 0 Å². The number of benzene rings is 3. The largest absolute Gasteiger partial charge is 1.00 e. The molecule has 2 aliphatic carbocycles. The zero-order valence-corrected chi connectivity index (χ0v) is 28.9. The molecular formula is C33H32Cl2F2GeZr-2. The molecule has 0 amide bonds. The van der Waals surface area contributed by atoms with Crippen molar-refractivity contribution in [1.29, 1.82) is 0 Å². The molecule has 3 aromatic rings. The molecule has 5 rings (SSSR count). The van der Waals surface area contributed by atoms with E-state index >= 15 is 0 Å². The van der Waals surface area contributed by atoms with Crippen molar-refractivity contribution in [3.8, 4) is 0 Å².